The van der Waals surface area contributed by atoms with Gasteiger partial charge in [-0.3, -0.25) is 9.05 Å². The maximum Gasteiger partial charge on any atom is 0.472 e. The van der Waals surface area contributed by atoms with Gasteiger partial charge in [-0.1, -0.05) is 0 Å². The van der Waals surface area contributed by atoms with Crippen molar-refractivity contribution in [1.82, 2.24) is 0 Å². The van der Waals surface area contributed by atoms with Gasteiger partial charge >= 0.3 is 7.82 Å². The van der Waals surface area contributed by atoms with E-state index in [4.69, 9.17) is 4.74 Å². The summed E-state index contributed by atoms with van der Waals surface area (Å²) in [7, 11) is -5.10. The fourth-order valence-corrected chi connectivity index (χ4v) is 3.70. The lowest BCUT2D eigenvalue weighted by Gasteiger charge is -2.41. The van der Waals surface area contributed by atoms with E-state index >= 15 is 0 Å². The highest BCUT2D eigenvalue weighted by Gasteiger charge is 2.51. The Bertz CT molecular complexity index is 532. The standard InChI is InChI=1S/C12H23O14P/c13-3-2(25-12(21)10(20)4(3)14)1-24-27(22,23)26-11-8(18)6(16)5(15)7(17)9(11)19/h2-21H,1H2,(H,22,23)/t2-,3-,4+,5?,6-,7+,8-,9-,10+,11?,12?/m1/s1. The lowest BCUT2D eigenvalue weighted by molar-refractivity contribution is -0.286. The summed E-state index contributed by atoms with van der Waals surface area (Å²) in [6, 6.07) is 0. The number of hydrogen-bond donors (Lipinski definition) is 10. The van der Waals surface area contributed by atoms with Gasteiger partial charge in [-0.25, -0.2) is 4.57 Å². The predicted molar refractivity (Wildman–Crippen MR) is 79.6 cm³/mol. The summed E-state index contributed by atoms with van der Waals surface area (Å²) in [5, 5.41) is 86.0. The molecule has 12 atom stereocenters. The number of rotatable bonds is 5. The minimum Gasteiger partial charge on any atom is -0.387 e. The molecule has 1 saturated carbocycles. The first-order chi connectivity index (χ1) is 12.4. The van der Waals surface area contributed by atoms with Gasteiger partial charge in [-0.2, -0.15) is 0 Å². The van der Waals surface area contributed by atoms with Crippen LogP contribution in [0.4, 0.5) is 0 Å². The Kier molecular flexibility index (Phi) is 7.33. The molecule has 15 heteroatoms. The van der Waals surface area contributed by atoms with Gasteiger partial charge in [0.2, 0.25) is 0 Å². The second-order valence-corrected chi connectivity index (χ2v) is 7.73. The van der Waals surface area contributed by atoms with E-state index in [9.17, 15) is 55.4 Å². The fraction of sp³-hybridized carbons (Fsp3) is 1.00. The zero-order valence-electron chi connectivity index (χ0n) is 13.6. The number of ether oxygens (including phenoxy) is 1. The van der Waals surface area contributed by atoms with E-state index in [0.29, 0.717) is 0 Å². The molecule has 0 aromatic rings. The van der Waals surface area contributed by atoms with Crippen LogP contribution in [0.1, 0.15) is 0 Å². The quantitative estimate of drug-likeness (QED) is 0.185. The number of phosphoric acid groups is 1. The molecule has 4 unspecified atom stereocenters. The van der Waals surface area contributed by atoms with Crippen molar-refractivity contribution in [3.8, 4) is 0 Å². The highest BCUT2D eigenvalue weighted by atomic mass is 31.2. The van der Waals surface area contributed by atoms with Crippen LogP contribution in [-0.4, -0.2) is 125 Å². The first-order valence-electron chi connectivity index (χ1n) is 7.81. The van der Waals surface area contributed by atoms with E-state index in [1.807, 2.05) is 0 Å². The van der Waals surface area contributed by atoms with Crippen molar-refractivity contribution in [3.63, 3.8) is 0 Å². The molecule has 2 fully saturated rings. The van der Waals surface area contributed by atoms with Crippen molar-refractivity contribution in [2.45, 2.75) is 67.3 Å². The van der Waals surface area contributed by atoms with Crippen molar-refractivity contribution >= 4 is 7.82 Å². The third kappa shape index (κ3) is 4.83. The Balaban J connectivity index is 1.99. The number of aliphatic hydroxyl groups is 9. The van der Waals surface area contributed by atoms with Crippen LogP contribution in [0.3, 0.4) is 0 Å². The molecule has 160 valence electrons. The molecule has 14 nitrogen and oxygen atoms in total. The normalized spacial score (nSPS) is 51.0. The van der Waals surface area contributed by atoms with Crippen LogP contribution >= 0.6 is 7.82 Å². The minimum atomic E-state index is -5.10. The summed E-state index contributed by atoms with van der Waals surface area (Å²) in [4.78, 5) is 9.69. The Hall–Kier alpha value is -0.290. The smallest absolute Gasteiger partial charge is 0.387 e. The van der Waals surface area contributed by atoms with E-state index in [-0.39, 0.29) is 0 Å². The monoisotopic (exact) mass is 422 g/mol. The summed E-state index contributed by atoms with van der Waals surface area (Å²) in [6.07, 6.45) is -21.0. The molecule has 0 aromatic carbocycles. The lowest BCUT2D eigenvalue weighted by atomic mass is 9.85. The van der Waals surface area contributed by atoms with Gasteiger partial charge in [0, 0.05) is 0 Å². The van der Waals surface area contributed by atoms with Crippen LogP contribution in [-0.2, 0) is 18.3 Å². The Labute approximate surface area is 152 Å². The molecule has 10 N–H and O–H groups in total. The Morgan fingerprint density at radius 1 is 0.704 bits per heavy atom. The van der Waals surface area contributed by atoms with E-state index in [1.165, 1.54) is 0 Å². The summed E-state index contributed by atoms with van der Waals surface area (Å²) < 4.78 is 25.8. The molecule has 1 saturated heterocycles. The first kappa shape index (κ1) is 23.0. The lowest BCUT2D eigenvalue weighted by Crippen LogP contribution is -2.64. The average molecular weight is 422 g/mol. The van der Waals surface area contributed by atoms with E-state index < -0.39 is 81.8 Å². The van der Waals surface area contributed by atoms with E-state index in [1.54, 1.807) is 0 Å². The van der Waals surface area contributed by atoms with Crippen molar-refractivity contribution in [3.05, 3.63) is 0 Å². The van der Waals surface area contributed by atoms with Gasteiger partial charge < -0.3 is 55.6 Å². The first-order valence-corrected chi connectivity index (χ1v) is 9.30. The van der Waals surface area contributed by atoms with Crippen molar-refractivity contribution in [1.29, 1.82) is 0 Å². The Morgan fingerprint density at radius 2 is 1.15 bits per heavy atom. The van der Waals surface area contributed by atoms with Crippen molar-refractivity contribution in [2.24, 2.45) is 0 Å². The van der Waals surface area contributed by atoms with Gasteiger partial charge in [-0.05, 0) is 0 Å². The third-order valence-corrected chi connectivity index (χ3v) is 5.40. The van der Waals surface area contributed by atoms with Crippen molar-refractivity contribution < 1.29 is 69.2 Å². The molecule has 1 aliphatic carbocycles. The zero-order chi connectivity index (χ0) is 20.7. The summed E-state index contributed by atoms with van der Waals surface area (Å²) in [5.74, 6) is 0. The summed E-state index contributed by atoms with van der Waals surface area (Å²) in [5.41, 5.74) is 0. The molecule has 2 rings (SSSR count). The van der Waals surface area contributed by atoms with Gasteiger partial charge in [0.1, 0.15) is 61.0 Å². The molecule has 0 radical (unpaired) electrons. The fourth-order valence-electron chi connectivity index (χ4n) is 2.74. The maximum absolute atomic E-state index is 12.0. The summed E-state index contributed by atoms with van der Waals surface area (Å²) >= 11 is 0. The van der Waals surface area contributed by atoms with Crippen LogP contribution in [0.15, 0.2) is 0 Å². The van der Waals surface area contributed by atoms with Crippen LogP contribution in [0, 0.1) is 0 Å². The third-order valence-electron chi connectivity index (χ3n) is 4.42. The van der Waals surface area contributed by atoms with E-state index in [2.05, 4.69) is 9.05 Å². The molecule has 0 aromatic heterocycles. The van der Waals surface area contributed by atoms with Crippen LogP contribution in [0.25, 0.3) is 0 Å². The highest BCUT2D eigenvalue weighted by Crippen LogP contribution is 2.47. The highest BCUT2D eigenvalue weighted by molar-refractivity contribution is 7.47. The van der Waals surface area contributed by atoms with Crippen LogP contribution < -0.4 is 0 Å². The minimum absolute atomic E-state index is 0.928. The average Bonchev–Trinajstić information content (AvgIpc) is 2.62. The van der Waals surface area contributed by atoms with Gasteiger partial charge in [-0.15, -0.1) is 0 Å². The number of phosphoric ester groups is 1. The van der Waals surface area contributed by atoms with Gasteiger partial charge in [0.05, 0.1) is 6.61 Å². The SMILES string of the molecule is O=P(O)(OC[C@H]1OC(O)[C@@H](O)[C@@H](O)[C@@H]1O)OC1[C@H](O)[C@H](O)C(O)[C@H](O)[C@H]1O. The number of hydrogen-bond acceptors (Lipinski definition) is 13. The summed E-state index contributed by atoms with van der Waals surface area (Å²) in [6.45, 7) is -0.928. The molecular weight excluding hydrogens is 399 g/mol. The zero-order valence-corrected chi connectivity index (χ0v) is 14.5. The maximum atomic E-state index is 12.0. The van der Waals surface area contributed by atoms with Gasteiger partial charge in [0.15, 0.2) is 6.29 Å². The predicted octanol–water partition coefficient (Wildman–Crippen LogP) is -5.89. The molecule has 0 spiro atoms. The largest absolute Gasteiger partial charge is 0.472 e. The van der Waals surface area contributed by atoms with Crippen molar-refractivity contribution in [2.75, 3.05) is 6.61 Å². The second-order valence-electron chi connectivity index (χ2n) is 6.32. The van der Waals surface area contributed by atoms with Crippen LogP contribution in [0.5, 0.6) is 0 Å². The molecule has 0 amide bonds. The molecule has 0 bridgehead atoms. The second kappa shape index (κ2) is 8.61. The molecular formula is C12H23O14P. The molecule has 1 heterocycles. The molecule has 1 aliphatic heterocycles. The van der Waals surface area contributed by atoms with E-state index in [0.717, 1.165) is 0 Å². The van der Waals surface area contributed by atoms with Gasteiger partial charge in [0.25, 0.3) is 0 Å². The van der Waals surface area contributed by atoms with Crippen LogP contribution in [0.2, 0.25) is 0 Å². The topological polar surface area (TPSA) is 247 Å². The Morgan fingerprint density at radius 3 is 1.67 bits per heavy atom. The molecule has 2 aliphatic rings. The molecule has 27 heavy (non-hydrogen) atoms. The number of aliphatic hydroxyl groups excluding tert-OH is 9.